The molecule has 11 nitrogen and oxygen atoms in total. The maximum absolute atomic E-state index is 13.8. The van der Waals surface area contributed by atoms with Crippen LogP contribution in [-0.2, 0) is 6.61 Å². The Hall–Kier alpha value is -4.80. The van der Waals surface area contributed by atoms with Crippen LogP contribution in [0.3, 0.4) is 0 Å². The van der Waals surface area contributed by atoms with E-state index in [4.69, 9.17) is 14.3 Å². The number of likely N-dealkylation sites (tertiary alicyclic amines) is 2. The first-order chi connectivity index (χ1) is 20.6. The molecular weight excluding hydrogens is 534 g/mol. The molecule has 2 aromatic carbocycles. The molecule has 214 valence electrons. The molecule has 42 heavy (non-hydrogen) atoms. The Balaban J connectivity index is 1.16. The number of hydrogen-bond acceptors (Lipinski definition) is 8. The van der Waals surface area contributed by atoms with Crippen molar-refractivity contribution in [3.8, 4) is 5.75 Å². The molecule has 0 N–H and O–H groups in total. The standard InChI is InChI=1S/C31H31N7O4/c39-30(36-12-2-1-3-13-36)25-19-29(31(40)37-15-9-22(10-16-37)38-14-4-11-32-38)33-26-8-6-23(18-24(25)26)41-20-21-5-7-27-28(17-21)35-42-34-27/h4-8,11,14,17-19,22H,1-3,9-10,12-13,15-16,20H2. The normalized spacial score (nSPS) is 16.3. The maximum atomic E-state index is 13.8. The number of rotatable bonds is 6. The number of amides is 2. The Morgan fingerprint density at radius 3 is 2.45 bits per heavy atom. The topological polar surface area (TPSA) is 119 Å². The highest BCUT2D eigenvalue weighted by molar-refractivity contribution is 6.09. The summed E-state index contributed by atoms with van der Waals surface area (Å²) in [4.78, 5) is 35.9. The van der Waals surface area contributed by atoms with E-state index < -0.39 is 0 Å². The molecule has 2 amide bonds. The second-order valence-corrected chi connectivity index (χ2v) is 11.0. The summed E-state index contributed by atoms with van der Waals surface area (Å²) in [6.07, 6.45) is 8.46. The molecule has 2 fully saturated rings. The summed E-state index contributed by atoms with van der Waals surface area (Å²) in [5.74, 6) is 0.381. The summed E-state index contributed by atoms with van der Waals surface area (Å²) < 4.78 is 12.9. The van der Waals surface area contributed by atoms with E-state index in [1.807, 2.05) is 63.1 Å². The van der Waals surface area contributed by atoms with Crippen LogP contribution >= 0.6 is 0 Å². The van der Waals surface area contributed by atoms with Crippen molar-refractivity contribution in [2.75, 3.05) is 26.2 Å². The Kier molecular flexibility index (Phi) is 6.98. The second-order valence-electron chi connectivity index (χ2n) is 11.0. The Bertz CT molecular complexity index is 1740. The van der Waals surface area contributed by atoms with E-state index in [2.05, 4.69) is 15.4 Å². The van der Waals surface area contributed by atoms with Gasteiger partial charge in [0.2, 0.25) is 0 Å². The smallest absolute Gasteiger partial charge is 0.272 e. The van der Waals surface area contributed by atoms with Crippen LogP contribution < -0.4 is 4.74 Å². The van der Waals surface area contributed by atoms with Crippen molar-refractivity contribution in [2.24, 2.45) is 0 Å². The number of piperidine rings is 2. The van der Waals surface area contributed by atoms with Gasteiger partial charge in [-0.3, -0.25) is 14.3 Å². The minimum atomic E-state index is -0.151. The number of fused-ring (bicyclic) bond motifs is 2. The van der Waals surface area contributed by atoms with Gasteiger partial charge < -0.3 is 14.5 Å². The maximum Gasteiger partial charge on any atom is 0.272 e. The molecule has 0 atom stereocenters. The Morgan fingerprint density at radius 1 is 0.857 bits per heavy atom. The van der Waals surface area contributed by atoms with Crippen molar-refractivity contribution in [1.29, 1.82) is 0 Å². The van der Waals surface area contributed by atoms with Crippen LogP contribution in [0.5, 0.6) is 5.75 Å². The zero-order valence-corrected chi connectivity index (χ0v) is 23.2. The number of nitrogens with zero attached hydrogens (tertiary/aromatic N) is 7. The molecule has 7 rings (SSSR count). The minimum absolute atomic E-state index is 0.0744. The van der Waals surface area contributed by atoms with Gasteiger partial charge in [0.1, 0.15) is 29.1 Å². The van der Waals surface area contributed by atoms with Crippen LogP contribution in [0.2, 0.25) is 0 Å². The number of ether oxygens (including phenoxy) is 1. The van der Waals surface area contributed by atoms with Gasteiger partial charge in [-0.05, 0) is 90.4 Å². The van der Waals surface area contributed by atoms with E-state index in [0.29, 0.717) is 71.7 Å². The molecule has 2 saturated heterocycles. The quantitative estimate of drug-likeness (QED) is 0.292. The van der Waals surface area contributed by atoms with Gasteiger partial charge in [-0.2, -0.15) is 5.10 Å². The number of carbonyl (C=O) groups is 2. The van der Waals surface area contributed by atoms with E-state index in [0.717, 1.165) is 37.7 Å². The summed E-state index contributed by atoms with van der Waals surface area (Å²) in [5, 5.41) is 12.8. The molecule has 0 saturated carbocycles. The lowest BCUT2D eigenvalue weighted by atomic mass is 10.0. The van der Waals surface area contributed by atoms with Crippen molar-refractivity contribution in [1.82, 2.24) is 34.9 Å². The van der Waals surface area contributed by atoms with Gasteiger partial charge in [0.15, 0.2) is 0 Å². The summed E-state index contributed by atoms with van der Waals surface area (Å²) in [5.41, 5.74) is 3.63. The molecule has 3 aromatic heterocycles. The highest BCUT2D eigenvalue weighted by Gasteiger charge is 2.28. The average Bonchev–Trinajstić information content (AvgIpc) is 3.76. The molecule has 5 heterocycles. The SMILES string of the molecule is O=C(c1cc(C(=O)N2CCCCC2)c2cc(OCc3ccc4nonc4c3)ccc2n1)N1CCC(n2cccn2)CC1. The zero-order chi connectivity index (χ0) is 28.5. The van der Waals surface area contributed by atoms with E-state index >= 15 is 0 Å². The number of hydrogen-bond donors (Lipinski definition) is 0. The van der Waals surface area contributed by atoms with Gasteiger partial charge in [0, 0.05) is 44.0 Å². The highest BCUT2D eigenvalue weighted by Crippen LogP contribution is 2.28. The van der Waals surface area contributed by atoms with Crippen molar-refractivity contribution < 1.29 is 19.0 Å². The summed E-state index contributed by atoms with van der Waals surface area (Å²) >= 11 is 0. The molecule has 0 radical (unpaired) electrons. The average molecular weight is 566 g/mol. The van der Waals surface area contributed by atoms with Crippen LogP contribution in [0.25, 0.3) is 21.9 Å². The molecule has 0 unspecified atom stereocenters. The number of benzene rings is 2. The van der Waals surface area contributed by atoms with Crippen molar-refractivity contribution >= 4 is 33.8 Å². The van der Waals surface area contributed by atoms with Crippen LogP contribution in [-0.4, -0.2) is 72.9 Å². The Labute approximate surface area is 242 Å². The predicted molar refractivity (Wildman–Crippen MR) is 154 cm³/mol. The molecule has 0 bridgehead atoms. The van der Waals surface area contributed by atoms with E-state index in [-0.39, 0.29) is 17.9 Å². The van der Waals surface area contributed by atoms with Gasteiger partial charge in [0.05, 0.1) is 17.1 Å². The molecule has 11 heteroatoms. The molecule has 2 aliphatic rings. The summed E-state index contributed by atoms with van der Waals surface area (Å²) in [7, 11) is 0. The van der Waals surface area contributed by atoms with E-state index in [1.165, 1.54) is 0 Å². The number of pyridine rings is 1. The lowest BCUT2D eigenvalue weighted by molar-refractivity contribution is 0.0684. The third kappa shape index (κ3) is 5.17. The zero-order valence-electron chi connectivity index (χ0n) is 23.2. The van der Waals surface area contributed by atoms with Gasteiger partial charge in [0.25, 0.3) is 11.8 Å². The van der Waals surface area contributed by atoms with Gasteiger partial charge in [-0.15, -0.1) is 0 Å². The lowest BCUT2D eigenvalue weighted by Gasteiger charge is -2.32. The summed E-state index contributed by atoms with van der Waals surface area (Å²) in [6, 6.07) is 15.0. The van der Waals surface area contributed by atoms with Crippen LogP contribution in [0.4, 0.5) is 0 Å². The van der Waals surface area contributed by atoms with Crippen LogP contribution in [0, 0.1) is 0 Å². The first kappa shape index (κ1) is 26.1. The summed E-state index contributed by atoms with van der Waals surface area (Å²) in [6.45, 7) is 2.95. The fraction of sp³-hybridized carbons (Fsp3) is 0.355. The van der Waals surface area contributed by atoms with E-state index in [9.17, 15) is 9.59 Å². The largest absolute Gasteiger partial charge is 0.489 e. The van der Waals surface area contributed by atoms with Crippen LogP contribution in [0.1, 0.15) is 64.6 Å². The fourth-order valence-electron chi connectivity index (χ4n) is 5.92. The first-order valence-electron chi connectivity index (χ1n) is 14.5. The lowest BCUT2D eigenvalue weighted by Crippen LogP contribution is -2.40. The van der Waals surface area contributed by atoms with E-state index in [1.54, 1.807) is 12.3 Å². The Morgan fingerprint density at radius 2 is 1.64 bits per heavy atom. The van der Waals surface area contributed by atoms with Gasteiger partial charge >= 0.3 is 0 Å². The fourth-order valence-corrected chi connectivity index (χ4v) is 5.92. The molecule has 0 aliphatic carbocycles. The number of carbonyl (C=O) groups excluding carboxylic acids is 2. The third-order valence-electron chi connectivity index (χ3n) is 8.25. The second kappa shape index (κ2) is 11.2. The monoisotopic (exact) mass is 565 g/mol. The van der Waals surface area contributed by atoms with Gasteiger partial charge in [-0.1, -0.05) is 6.07 Å². The number of aromatic nitrogens is 5. The predicted octanol–water partition coefficient (Wildman–Crippen LogP) is 4.65. The van der Waals surface area contributed by atoms with Crippen molar-refractivity contribution in [3.05, 3.63) is 77.7 Å². The van der Waals surface area contributed by atoms with Crippen molar-refractivity contribution in [2.45, 2.75) is 44.8 Å². The van der Waals surface area contributed by atoms with Crippen molar-refractivity contribution in [3.63, 3.8) is 0 Å². The van der Waals surface area contributed by atoms with Gasteiger partial charge in [-0.25, -0.2) is 9.61 Å². The highest BCUT2D eigenvalue weighted by atomic mass is 16.6. The molecular formula is C31H31N7O4. The third-order valence-corrected chi connectivity index (χ3v) is 8.25. The van der Waals surface area contributed by atoms with Crippen LogP contribution in [0.15, 0.2) is 65.6 Å². The first-order valence-corrected chi connectivity index (χ1v) is 14.5. The molecule has 0 spiro atoms. The molecule has 2 aliphatic heterocycles. The minimum Gasteiger partial charge on any atom is -0.489 e. The molecule has 5 aromatic rings.